The molecule has 0 amide bonds. The third kappa shape index (κ3) is 2.56. The topological polar surface area (TPSA) is 43.1 Å². The highest BCUT2D eigenvalue weighted by Crippen LogP contribution is 2.26. The molecule has 2 N–H and O–H groups in total. The Bertz CT molecular complexity index is 320. The molecule has 2 nitrogen and oxygen atoms in total. The van der Waals surface area contributed by atoms with Crippen molar-refractivity contribution in [2.24, 2.45) is 11.1 Å². The van der Waals surface area contributed by atoms with Crippen molar-refractivity contribution in [1.82, 2.24) is 0 Å². The highest BCUT2D eigenvalue weighted by atomic mass is 35.5. The summed E-state index contributed by atoms with van der Waals surface area (Å²) in [4.78, 5) is 12.8. The van der Waals surface area contributed by atoms with Crippen molar-refractivity contribution in [3.8, 4) is 0 Å². The van der Waals surface area contributed by atoms with Crippen molar-refractivity contribution in [2.75, 3.05) is 6.54 Å². The van der Waals surface area contributed by atoms with E-state index in [1.807, 2.05) is 32.2 Å². The van der Waals surface area contributed by atoms with Gasteiger partial charge < -0.3 is 5.73 Å². The molecule has 0 fully saturated rings. The van der Waals surface area contributed by atoms with Crippen LogP contribution in [0.3, 0.4) is 0 Å². The Morgan fingerprint density at radius 1 is 1.57 bits per heavy atom. The summed E-state index contributed by atoms with van der Waals surface area (Å²) in [6.07, 6.45) is 0. The SMILES string of the molecule is Cc1ccsc1C(=O)C(C)(C)CN.Cl. The average molecular weight is 234 g/mol. The van der Waals surface area contributed by atoms with Crippen LogP contribution in [0.15, 0.2) is 11.4 Å². The van der Waals surface area contributed by atoms with E-state index in [4.69, 9.17) is 5.73 Å². The van der Waals surface area contributed by atoms with Gasteiger partial charge in [-0.25, -0.2) is 0 Å². The fourth-order valence-corrected chi connectivity index (χ4v) is 2.05. The summed E-state index contributed by atoms with van der Waals surface area (Å²) in [7, 11) is 0. The highest BCUT2D eigenvalue weighted by Gasteiger charge is 2.28. The molecule has 0 aliphatic carbocycles. The molecular weight excluding hydrogens is 218 g/mol. The molecule has 0 saturated carbocycles. The predicted octanol–water partition coefficient (Wildman–Crippen LogP) is 2.65. The number of hydrogen-bond donors (Lipinski definition) is 1. The van der Waals surface area contributed by atoms with Gasteiger partial charge in [-0.1, -0.05) is 13.8 Å². The lowest BCUT2D eigenvalue weighted by atomic mass is 9.87. The summed E-state index contributed by atoms with van der Waals surface area (Å²) in [6.45, 7) is 6.11. The van der Waals surface area contributed by atoms with Crippen molar-refractivity contribution in [3.63, 3.8) is 0 Å². The van der Waals surface area contributed by atoms with E-state index in [1.165, 1.54) is 11.3 Å². The first-order chi connectivity index (χ1) is 5.99. The van der Waals surface area contributed by atoms with Crippen molar-refractivity contribution in [3.05, 3.63) is 21.9 Å². The Labute approximate surface area is 94.9 Å². The van der Waals surface area contributed by atoms with Gasteiger partial charge in [0.15, 0.2) is 5.78 Å². The maximum Gasteiger partial charge on any atom is 0.179 e. The van der Waals surface area contributed by atoms with E-state index >= 15 is 0 Å². The zero-order valence-electron chi connectivity index (χ0n) is 8.66. The second-order valence-corrected chi connectivity index (χ2v) is 4.77. The standard InChI is InChI=1S/C10H15NOS.ClH/c1-7-4-5-13-8(7)9(12)10(2,3)6-11;/h4-5H,6,11H2,1-3H3;1H. The van der Waals surface area contributed by atoms with E-state index in [0.29, 0.717) is 6.54 Å². The summed E-state index contributed by atoms with van der Waals surface area (Å²) in [5.74, 6) is 0.155. The van der Waals surface area contributed by atoms with Crippen LogP contribution in [-0.2, 0) is 0 Å². The molecule has 0 radical (unpaired) electrons. The van der Waals surface area contributed by atoms with E-state index in [0.717, 1.165) is 10.4 Å². The molecule has 0 atom stereocenters. The van der Waals surface area contributed by atoms with E-state index in [2.05, 4.69) is 0 Å². The number of carbonyl (C=O) groups is 1. The Morgan fingerprint density at radius 3 is 2.50 bits per heavy atom. The van der Waals surface area contributed by atoms with Gasteiger partial charge in [0.1, 0.15) is 0 Å². The second kappa shape index (κ2) is 4.91. The van der Waals surface area contributed by atoms with Crippen molar-refractivity contribution < 1.29 is 4.79 Å². The minimum atomic E-state index is -0.435. The minimum absolute atomic E-state index is 0. The molecule has 4 heteroatoms. The lowest BCUT2D eigenvalue weighted by molar-refractivity contribution is 0.0851. The van der Waals surface area contributed by atoms with Gasteiger partial charge in [-0.2, -0.15) is 0 Å². The van der Waals surface area contributed by atoms with E-state index in [9.17, 15) is 4.79 Å². The van der Waals surface area contributed by atoms with Crippen molar-refractivity contribution in [1.29, 1.82) is 0 Å². The Balaban J connectivity index is 0.00000169. The van der Waals surface area contributed by atoms with Crippen LogP contribution in [0.5, 0.6) is 0 Å². The fourth-order valence-electron chi connectivity index (χ4n) is 1.01. The predicted molar refractivity (Wildman–Crippen MR) is 63.5 cm³/mol. The van der Waals surface area contributed by atoms with Gasteiger partial charge in [-0.05, 0) is 23.9 Å². The van der Waals surface area contributed by atoms with Gasteiger partial charge in [-0.3, -0.25) is 4.79 Å². The first-order valence-electron chi connectivity index (χ1n) is 4.28. The molecule has 0 aliphatic rings. The third-order valence-electron chi connectivity index (χ3n) is 2.19. The summed E-state index contributed by atoms with van der Waals surface area (Å²) in [6, 6.07) is 1.96. The van der Waals surface area contributed by atoms with Crippen molar-refractivity contribution >= 4 is 29.5 Å². The number of hydrogen-bond acceptors (Lipinski definition) is 3. The molecule has 0 saturated heterocycles. The largest absolute Gasteiger partial charge is 0.329 e. The monoisotopic (exact) mass is 233 g/mol. The maximum atomic E-state index is 11.9. The van der Waals surface area contributed by atoms with Gasteiger partial charge >= 0.3 is 0 Å². The molecule has 1 aromatic heterocycles. The Kier molecular flexibility index (Phi) is 4.78. The second-order valence-electron chi connectivity index (χ2n) is 3.85. The molecule has 0 spiro atoms. The molecule has 0 aliphatic heterocycles. The Morgan fingerprint density at radius 2 is 2.14 bits per heavy atom. The number of nitrogens with two attached hydrogens (primary N) is 1. The zero-order chi connectivity index (χ0) is 10.1. The number of carbonyl (C=O) groups excluding carboxylic acids is 1. The Hall–Kier alpha value is -0.380. The van der Waals surface area contributed by atoms with Crippen LogP contribution in [0.2, 0.25) is 0 Å². The van der Waals surface area contributed by atoms with Crippen LogP contribution in [0.1, 0.15) is 29.1 Å². The van der Waals surface area contributed by atoms with E-state index in [-0.39, 0.29) is 18.2 Å². The van der Waals surface area contributed by atoms with Crippen LogP contribution >= 0.6 is 23.7 Å². The molecule has 80 valence electrons. The third-order valence-corrected chi connectivity index (χ3v) is 3.21. The highest BCUT2D eigenvalue weighted by molar-refractivity contribution is 7.12. The normalized spacial score (nSPS) is 10.9. The number of Topliss-reactive ketones (excluding diaryl/α,β-unsaturated/α-hetero) is 1. The molecule has 1 heterocycles. The van der Waals surface area contributed by atoms with Crippen LogP contribution < -0.4 is 5.73 Å². The molecule has 1 aromatic rings. The maximum absolute atomic E-state index is 11.9. The van der Waals surface area contributed by atoms with Gasteiger partial charge in [0.25, 0.3) is 0 Å². The lowest BCUT2D eigenvalue weighted by Crippen LogP contribution is -2.32. The lowest BCUT2D eigenvalue weighted by Gasteiger charge is -2.19. The molecule has 1 rings (SSSR count). The molecule has 14 heavy (non-hydrogen) atoms. The number of ketones is 1. The number of halogens is 1. The molecule has 0 aromatic carbocycles. The van der Waals surface area contributed by atoms with Crippen LogP contribution in [0, 0.1) is 12.3 Å². The van der Waals surface area contributed by atoms with E-state index in [1.54, 1.807) is 0 Å². The summed E-state index contributed by atoms with van der Waals surface area (Å²) >= 11 is 1.49. The molecular formula is C10H16ClNOS. The van der Waals surface area contributed by atoms with Gasteiger partial charge in [-0.15, -0.1) is 23.7 Å². The number of thiophene rings is 1. The van der Waals surface area contributed by atoms with E-state index < -0.39 is 5.41 Å². The van der Waals surface area contributed by atoms with Crippen molar-refractivity contribution in [2.45, 2.75) is 20.8 Å². The first-order valence-corrected chi connectivity index (χ1v) is 5.16. The number of rotatable bonds is 3. The quantitative estimate of drug-likeness (QED) is 0.816. The smallest absolute Gasteiger partial charge is 0.179 e. The summed E-state index contributed by atoms with van der Waals surface area (Å²) in [5.41, 5.74) is 6.16. The first kappa shape index (κ1) is 13.6. The zero-order valence-corrected chi connectivity index (χ0v) is 10.3. The van der Waals surface area contributed by atoms with Gasteiger partial charge in [0, 0.05) is 12.0 Å². The van der Waals surface area contributed by atoms with Crippen LogP contribution in [0.25, 0.3) is 0 Å². The number of aryl methyl sites for hydroxylation is 1. The average Bonchev–Trinajstić information content (AvgIpc) is 2.50. The molecule has 0 unspecified atom stereocenters. The minimum Gasteiger partial charge on any atom is -0.329 e. The van der Waals surface area contributed by atoms with Gasteiger partial charge in [0.05, 0.1) is 4.88 Å². The van der Waals surface area contributed by atoms with Crippen LogP contribution in [-0.4, -0.2) is 12.3 Å². The van der Waals surface area contributed by atoms with Crippen LogP contribution in [0.4, 0.5) is 0 Å². The fraction of sp³-hybridized carbons (Fsp3) is 0.500. The molecule has 0 bridgehead atoms. The summed E-state index contributed by atoms with van der Waals surface area (Å²) in [5, 5.41) is 1.94. The van der Waals surface area contributed by atoms with Gasteiger partial charge in [0.2, 0.25) is 0 Å². The summed E-state index contributed by atoms with van der Waals surface area (Å²) < 4.78 is 0.